The minimum atomic E-state index is 0.882. The first kappa shape index (κ1) is 7.60. The molecule has 3 atom stereocenters. The van der Waals surface area contributed by atoms with Crippen LogP contribution in [-0.4, -0.2) is 23.5 Å². The smallest absolute Gasteiger partial charge is 0.0102 e. The molecule has 2 rings (SSSR count). The van der Waals surface area contributed by atoms with Crippen molar-refractivity contribution in [2.24, 2.45) is 5.92 Å². The lowest BCUT2D eigenvalue weighted by Gasteiger charge is -2.22. The van der Waals surface area contributed by atoms with Crippen molar-refractivity contribution in [3.63, 3.8) is 0 Å². The summed E-state index contributed by atoms with van der Waals surface area (Å²) in [6, 6.07) is 1.85. The highest BCUT2D eigenvalue weighted by Gasteiger charge is 2.39. The Balaban J connectivity index is 2.04. The Hall–Kier alpha value is -0.0400. The molecular formula is C10H19N. The molecule has 0 aliphatic carbocycles. The fraction of sp³-hybridized carbons (Fsp3) is 1.00. The van der Waals surface area contributed by atoms with Gasteiger partial charge in [-0.3, -0.25) is 4.90 Å². The lowest BCUT2D eigenvalue weighted by molar-refractivity contribution is 0.238. The van der Waals surface area contributed by atoms with Gasteiger partial charge in [0.2, 0.25) is 0 Å². The molecule has 2 heterocycles. The quantitative estimate of drug-likeness (QED) is 0.558. The average Bonchev–Trinajstić information content (AvgIpc) is 2.53. The van der Waals surface area contributed by atoms with Gasteiger partial charge in [-0.2, -0.15) is 0 Å². The molecule has 2 aliphatic rings. The molecule has 1 heteroatoms. The van der Waals surface area contributed by atoms with E-state index >= 15 is 0 Å². The zero-order valence-corrected chi connectivity index (χ0v) is 7.71. The van der Waals surface area contributed by atoms with Crippen LogP contribution in [0.3, 0.4) is 0 Å². The second-order valence-corrected chi connectivity index (χ2v) is 4.18. The van der Waals surface area contributed by atoms with Crippen LogP contribution in [0.15, 0.2) is 0 Å². The minimum Gasteiger partial charge on any atom is -0.297 e. The number of rotatable bonds is 1. The topological polar surface area (TPSA) is 3.24 Å². The highest BCUT2D eigenvalue weighted by Crippen LogP contribution is 2.37. The van der Waals surface area contributed by atoms with Gasteiger partial charge in [0, 0.05) is 12.1 Å². The first-order chi connectivity index (χ1) is 5.33. The van der Waals surface area contributed by atoms with Crippen LogP contribution >= 0.6 is 0 Å². The maximum Gasteiger partial charge on any atom is 0.0102 e. The predicted molar refractivity (Wildman–Crippen MR) is 47.6 cm³/mol. The van der Waals surface area contributed by atoms with Gasteiger partial charge in [-0.05, 0) is 38.6 Å². The molecule has 0 aromatic heterocycles. The highest BCUT2D eigenvalue weighted by molar-refractivity contribution is 4.94. The van der Waals surface area contributed by atoms with Gasteiger partial charge in [0.05, 0.1) is 0 Å². The van der Waals surface area contributed by atoms with E-state index in [1.165, 1.54) is 32.2 Å². The van der Waals surface area contributed by atoms with Gasteiger partial charge < -0.3 is 0 Å². The van der Waals surface area contributed by atoms with Crippen LogP contribution in [0.5, 0.6) is 0 Å². The van der Waals surface area contributed by atoms with Crippen molar-refractivity contribution in [3.05, 3.63) is 0 Å². The summed E-state index contributed by atoms with van der Waals surface area (Å²) < 4.78 is 0. The van der Waals surface area contributed by atoms with E-state index in [-0.39, 0.29) is 0 Å². The normalized spacial score (nSPS) is 44.7. The summed E-state index contributed by atoms with van der Waals surface area (Å²) in [5.41, 5.74) is 0. The lowest BCUT2D eigenvalue weighted by atomic mass is 9.96. The molecular weight excluding hydrogens is 134 g/mol. The number of hydrogen-bond donors (Lipinski definition) is 0. The van der Waals surface area contributed by atoms with Gasteiger partial charge in [0.1, 0.15) is 0 Å². The van der Waals surface area contributed by atoms with Crippen molar-refractivity contribution in [3.8, 4) is 0 Å². The third-order valence-corrected chi connectivity index (χ3v) is 3.73. The molecule has 1 nitrogen and oxygen atoms in total. The van der Waals surface area contributed by atoms with Crippen LogP contribution < -0.4 is 0 Å². The van der Waals surface area contributed by atoms with Crippen molar-refractivity contribution in [1.82, 2.24) is 4.90 Å². The van der Waals surface area contributed by atoms with E-state index in [0.29, 0.717) is 0 Å². The van der Waals surface area contributed by atoms with E-state index in [1.54, 1.807) is 0 Å². The molecule has 0 amide bonds. The number of fused-ring (bicyclic) bond motifs is 1. The largest absolute Gasteiger partial charge is 0.297 e. The van der Waals surface area contributed by atoms with Gasteiger partial charge in [-0.15, -0.1) is 0 Å². The van der Waals surface area contributed by atoms with Gasteiger partial charge in [-0.25, -0.2) is 0 Å². The summed E-state index contributed by atoms with van der Waals surface area (Å²) >= 11 is 0. The first-order valence-electron chi connectivity index (χ1n) is 5.08. The fourth-order valence-electron chi connectivity index (χ4n) is 2.97. The van der Waals surface area contributed by atoms with Crippen LogP contribution in [-0.2, 0) is 0 Å². The van der Waals surface area contributed by atoms with Crippen LogP contribution in [0.2, 0.25) is 0 Å². The highest BCUT2D eigenvalue weighted by atomic mass is 15.2. The minimum absolute atomic E-state index is 0.882. The van der Waals surface area contributed by atoms with Crippen LogP contribution in [0.4, 0.5) is 0 Å². The van der Waals surface area contributed by atoms with Crippen molar-refractivity contribution < 1.29 is 0 Å². The van der Waals surface area contributed by atoms with Gasteiger partial charge in [-0.1, -0.05) is 13.3 Å². The third kappa shape index (κ3) is 1.10. The average molecular weight is 153 g/mol. The van der Waals surface area contributed by atoms with E-state index in [4.69, 9.17) is 0 Å². The van der Waals surface area contributed by atoms with Crippen molar-refractivity contribution >= 4 is 0 Å². The summed E-state index contributed by atoms with van der Waals surface area (Å²) in [6.07, 6.45) is 5.79. The van der Waals surface area contributed by atoms with Crippen molar-refractivity contribution in [2.45, 2.75) is 51.6 Å². The van der Waals surface area contributed by atoms with E-state index in [2.05, 4.69) is 18.7 Å². The Kier molecular flexibility index (Phi) is 1.92. The van der Waals surface area contributed by atoms with Crippen molar-refractivity contribution in [2.75, 3.05) is 6.54 Å². The van der Waals surface area contributed by atoms with Crippen LogP contribution in [0, 0.1) is 5.92 Å². The summed E-state index contributed by atoms with van der Waals surface area (Å²) in [6.45, 7) is 6.13. The summed E-state index contributed by atoms with van der Waals surface area (Å²) in [5, 5.41) is 0. The SMILES string of the molecule is CCC1CC2CCCN2C1C. The molecule has 64 valence electrons. The molecule has 0 aromatic carbocycles. The molecule has 0 saturated carbocycles. The van der Waals surface area contributed by atoms with E-state index in [0.717, 1.165) is 18.0 Å². The fourth-order valence-corrected chi connectivity index (χ4v) is 2.97. The molecule has 0 radical (unpaired) electrons. The summed E-state index contributed by atoms with van der Waals surface area (Å²) in [5.74, 6) is 1.00. The number of hydrogen-bond acceptors (Lipinski definition) is 1. The van der Waals surface area contributed by atoms with Gasteiger partial charge in [0.15, 0.2) is 0 Å². The Bertz CT molecular complexity index is 144. The Morgan fingerprint density at radius 3 is 2.91 bits per heavy atom. The standard InChI is InChI=1S/C10H19N/c1-3-9-7-10-5-4-6-11(10)8(9)2/h8-10H,3-7H2,1-2H3. The van der Waals surface area contributed by atoms with Crippen molar-refractivity contribution in [1.29, 1.82) is 0 Å². The molecule has 3 unspecified atom stereocenters. The van der Waals surface area contributed by atoms with Gasteiger partial charge >= 0.3 is 0 Å². The molecule has 2 saturated heterocycles. The Labute approximate surface area is 69.8 Å². The molecule has 0 bridgehead atoms. The maximum absolute atomic E-state index is 2.73. The lowest BCUT2D eigenvalue weighted by Crippen LogP contribution is -2.30. The molecule has 0 N–H and O–H groups in total. The maximum atomic E-state index is 2.73. The second-order valence-electron chi connectivity index (χ2n) is 4.18. The second kappa shape index (κ2) is 2.78. The molecule has 11 heavy (non-hydrogen) atoms. The zero-order valence-electron chi connectivity index (χ0n) is 7.71. The molecule has 2 fully saturated rings. The van der Waals surface area contributed by atoms with E-state index in [1.807, 2.05) is 0 Å². The Morgan fingerprint density at radius 1 is 1.45 bits per heavy atom. The van der Waals surface area contributed by atoms with E-state index < -0.39 is 0 Å². The third-order valence-electron chi connectivity index (χ3n) is 3.73. The Morgan fingerprint density at radius 2 is 2.27 bits per heavy atom. The predicted octanol–water partition coefficient (Wildman–Crippen LogP) is 2.27. The molecule has 0 aromatic rings. The zero-order chi connectivity index (χ0) is 7.84. The van der Waals surface area contributed by atoms with E-state index in [9.17, 15) is 0 Å². The van der Waals surface area contributed by atoms with Crippen LogP contribution in [0.1, 0.15) is 39.5 Å². The molecule has 0 spiro atoms. The summed E-state index contributed by atoms with van der Waals surface area (Å²) in [4.78, 5) is 2.73. The molecule has 2 aliphatic heterocycles. The first-order valence-corrected chi connectivity index (χ1v) is 5.08. The van der Waals surface area contributed by atoms with Crippen LogP contribution in [0.25, 0.3) is 0 Å². The number of nitrogens with zero attached hydrogens (tertiary/aromatic N) is 1. The van der Waals surface area contributed by atoms with Gasteiger partial charge in [0.25, 0.3) is 0 Å². The summed E-state index contributed by atoms with van der Waals surface area (Å²) in [7, 11) is 0. The monoisotopic (exact) mass is 153 g/mol.